The summed E-state index contributed by atoms with van der Waals surface area (Å²) in [6.45, 7) is 2.11. The molecule has 1 heterocycles. The first-order valence-electron chi connectivity index (χ1n) is 5.02. The van der Waals surface area contributed by atoms with Gasteiger partial charge in [0.25, 0.3) is 0 Å². The molecule has 82 valence electrons. The van der Waals surface area contributed by atoms with Gasteiger partial charge in [-0.15, -0.1) is 0 Å². The molecule has 0 aliphatic heterocycles. The van der Waals surface area contributed by atoms with Crippen molar-refractivity contribution < 1.29 is 4.74 Å². The Balaban J connectivity index is 2.18. The molecule has 0 unspecified atom stereocenters. The molecule has 0 fully saturated rings. The van der Waals surface area contributed by atoms with Gasteiger partial charge in [0, 0.05) is 0 Å². The number of benzene rings is 1. The van der Waals surface area contributed by atoms with Crippen molar-refractivity contribution in [3.63, 3.8) is 0 Å². The van der Waals surface area contributed by atoms with Crippen molar-refractivity contribution in [1.82, 2.24) is 9.97 Å². The number of rotatable bonds is 3. The van der Waals surface area contributed by atoms with E-state index in [1.165, 1.54) is 11.9 Å². The Morgan fingerprint density at radius 1 is 1.25 bits per heavy atom. The van der Waals surface area contributed by atoms with Gasteiger partial charge in [-0.25, -0.2) is 9.97 Å². The zero-order valence-corrected chi connectivity index (χ0v) is 9.61. The quantitative estimate of drug-likeness (QED) is 0.763. The Morgan fingerprint density at radius 2 is 2.00 bits per heavy atom. The number of halogens is 1. The van der Waals surface area contributed by atoms with Crippen LogP contribution in [-0.2, 0) is 6.42 Å². The molecule has 2 rings (SSSR count). The van der Waals surface area contributed by atoms with Gasteiger partial charge in [-0.1, -0.05) is 30.7 Å². The van der Waals surface area contributed by atoms with Crippen LogP contribution in [0.15, 0.2) is 36.8 Å². The van der Waals surface area contributed by atoms with Crippen LogP contribution in [0.1, 0.15) is 12.5 Å². The minimum atomic E-state index is 0.314. The molecular weight excluding hydrogens is 224 g/mol. The largest absolute Gasteiger partial charge is 0.452 e. The van der Waals surface area contributed by atoms with Gasteiger partial charge < -0.3 is 4.74 Å². The molecule has 0 radical (unpaired) electrons. The van der Waals surface area contributed by atoms with E-state index >= 15 is 0 Å². The molecule has 0 N–H and O–H groups in total. The monoisotopic (exact) mass is 234 g/mol. The van der Waals surface area contributed by atoms with Crippen LogP contribution < -0.4 is 4.74 Å². The second-order valence-electron chi connectivity index (χ2n) is 3.28. The van der Waals surface area contributed by atoms with Crippen molar-refractivity contribution in [2.45, 2.75) is 13.3 Å². The molecule has 3 nitrogen and oxygen atoms in total. The average Bonchev–Trinajstić information content (AvgIpc) is 2.33. The highest BCUT2D eigenvalue weighted by Gasteiger charge is 2.03. The Kier molecular flexibility index (Phi) is 3.37. The predicted octanol–water partition coefficient (Wildman–Crippen LogP) is 3.48. The fourth-order valence-corrected chi connectivity index (χ4v) is 1.42. The third-order valence-electron chi connectivity index (χ3n) is 2.19. The summed E-state index contributed by atoms with van der Waals surface area (Å²) >= 11 is 5.86. The highest BCUT2D eigenvalue weighted by molar-refractivity contribution is 6.30. The molecule has 4 heteroatoms. The van der Waals surface area contributed by atoms with Gasteiger partial charge in [0.1, 0.15) is 12.1 Å². The van der Waals surface area contributed by atoms with Crippen LogP contribution in [0.25, 0.3) is 0 Å². The maximum Gasteiger partial charge on any atom is 0.182 e. The lowest BCUT2D eigenvalue weighted by molar-refractivity contribution is 0.477. The normalized spacial score (nSPS) is 10.1. The van der Waals surface area contributed by atoms with Crippen molar-refractivity contribution in [2.75, 3.05) is 0 Å². The zero-order chi connectivity index (χ0) is 11.4. The van der Waals surface area contributed by atoms with Crippen molar-refractivity contribution in [2.24, 2.45) is 0 Å². The van der Waals surface area contributed by atoms with Crippen LogP contribution in [0.5, 0.6) is 11.5 Å². The van der Waals surface area contributed by atoms with Gasteiger partial charge in [0.05, 0.1) is 6.20 Å². The Hall–Kier alpha value is -1.61. The number of hydrogen-bond acceptors (Lipinski definition) is 3. The van der Waals surface area contributed by atoms with Crippen molar-refractivity contribution in [1.29, 1.82) is 0 Å². The summed E-state index contributed by atoms with van der Waals surface area (Å²) in [5.41, 5.74) is 1.27. The van der Waals surface area contributed by atoms with Crippen molar-refractivity contribution in [3.8, 4) is 11.5 Å². The van der Waals surface area contributed by atoms with Gasteiger partial charge in [-0.3, -0.25) is 0 Å². The van der Waals surface area contributed by atoms with Crippen LogP contribution in [-0.4, -0.2) is 9.97 Å². The fraction of sp³-hybridized carbons (Fsp3) is 0.167. The van der Waals surface area contributed by atoms with Crippen LogP contribution in [0.2, 0.25) is 5.15 Å². The van der Waals surface area contributed by atoms with Crippen LogP contribution >= 0.6 is 11.6 Å². The van der Waals surface area contributed by atoms with E-state index in [-0.39, 0.29) is 0 Å². The third kappa shape index (κ3) is 2.49. The smallest absolute Gasteiger partial charge is 0.182 e. The SMILES string of the molecule is CCc1ccc(Oc2cncnc2Cl)cc1. The summed E-state index contributed by atoms with van der Waals surface area (Å²) in [6.07, 6.45) is 3.94. The molecule has 0 bridgehead atoms. The first-order chi connectivity index (χ1) is 7.79. The Bertz CT molecular complexity index is 471. The highest BCUT2D eigenvalue weighted by Crippen LogP contribution is 2.26. The zero-order valence-electron chi connectivity index (χ0n) is 8.85. The maximum atomic E-state index is 5.86. The lowest BCUT2D eigenvalue weighted by atomic mass is 10.2. The van der Waals surface area contributed by atoms with Gasteiger partial charge in [-0.2, -0.15) is 0 Å². The lowest BCUT2D eigenvalue weighted by Crippen LogP contribution is -1.89. The number of aromatic nitrogens is 2. The molecule has 1 aromatic carbocycles. The summed E-state index contributed by atoms with van der Waals surface area (Å²) in [7, 11) is 0. The molecule has 2 aromatic rings. The van der Waals surface area contributed by atoms with Crippen molar-refractivity contribution >= 4 is 11.6 Å². The second kappa shape index (κ2) is 4.94. The molecule has 0 aliphatic carbocycles. The molecule has 0 saturated heterocycles. The third-order valence-corrected chi connectivity index (χ3v) is 2.48. The standard InChI is InChI=1S/C12H11ClN2O/c1-2-9-3-5-10(6-4-9)16-11-7-14-8-15-12(11)13/h3-8H,2H2,1H3. The highest BCUT2D eigenvalue weighted by atomic mass is 35.5. The fourth-order valence-electron chi connectivity index (χ4n) is 1.29. The first kappa shape index (κ1) is 10.9. The Labute approximate surface area is 99.1 Å². The number of hydrogen-bond donors (Lipinski definition) is 0. The molecule has 0 spiro atoms. The summed E-state index contributed by atoms with van der Waals surface area (Å²) in [5.74, 6) is 1.20. The van der Waals surface area contributed by atoms with E-state index in [0.29, 0.717) is 10.9 Å². The summed E-state index contributed by atoms with van der Waals surface area (Å²) in [6, 6.07) is 7.85. The molecule has 16 heavy (non-hydrogen) atoms. The van der Waals surface area contributed by atoms with E-state index in [9.17, 15) is 0 Å². The van der Waals surface area contributed by atoms with Gasteiger partial charge in [-0.05, 0) is 24.1 Å². The number of ether oxygens (including phenoxy) is 1. The van der Waals surface area contributed by atoms with Crippen LogP contribution in [0, 0.1) is 0 Å². The molecule has 0 amide bonds. The lowest BCUT2D eigenvalue weighted by Gasteiger charge is -2.06. The van der Waals surface area contributed by atoms with E-state index in [0.717, 1.165) is 12.2 Å². The van der Waals surface area contributed by atoms with Gasteiger partial charge in [0.15, 0.2) is 10.9 Å². The summed E-state index contributed by atoms with van der Waals surface area (Å²) < 4.78 is 5.55. The topological polar surface area (TPSA) is 35.0 Å². The Morgan fingerprint density at radius 3 is 2.62 bits per heavy atom. The first-order valence-corrected chi connectivity index (χ1v) is 5.39. The van der Waals surface area contributed by atoms with E-state index < -0.39 is 0 Å². The number of aryl methyl sites for hydroxylation is 1. The summed E-state index contributed by atoms with van der Waals surface area (Å²) in [4.78, 5) is 7.69. The molecular formula is C12H11ClN2O. The van der Waals surface area contributed by atoms with E-state index in [2.05, 4.69) is 16.9 Å². The minimum Gasteiger partial charge on any atom is -0.452 e. The number of nitrogens with zero attached hydrogens (tertiary/aromatic N) is 2. The van der Waals surface area contributed by atoms with Gasteiger partial charge in [0.2, 0.25) is 0 Å². The molecule has 0 atom stereocenters. The van der Waals surface area contributed by atoms with Crippen molar-refractivity contribution in [3.05, 3.63) is 47.5 Å². The molecule has 1 aromatic heterocycles. The van der Waals surface area contributed by atoms with Crippen LogP contribution in [0.4, 0.5) is 0 Å². The molecule has 0 aliphatic rings. The van der Waals surface area contributed by atoms with E-state index in [4.69, 9.17) is 16.3 Å². The molecule has 0 saturated carbocycles. The van der Waals surface area contributed by atoms with E-state index in [1.807, 2.05) is 24.3 Å². The average molecular weight is 235 g/mol. The van der Waals surface area contributed by atoms with Gasteiger partial charge >= 0.3 is 0 Å². The maximum absolute atomic E-state index is 5.86. The predicted molar refractivity (Wildman–Crippen MR) is 62.9 cm³/mol. The van der Waals surface area contributed by atoms with E-state index in [1.54, 1.807) is 6.20 Å². The minimum absolute atomic E-state index is 0.314. The second-order valence-corrected chi connectivity index (χ2v) is 3.64. The van der Waals surface area contributed by atoms with Crippen LogP contribution in [0.3, 0.4) is 0 Å². The summed E-state index contributed by atoms with van der Waals surface area (Å²) in [5, 5.41) is 0.314.